The highest BCUT2D eigenvalue weighted by atomic mass is 16.4. The quantitative estimate of drug-likeness (QED) is 0.771. The minimum absolute atomic E-state index is 0.261. The van der Waals surface area contributed by atoms with Gasteiger partial charge >= 0.3 is 5.97 Å². The second kappa shape index (κ2) is 7.63. The molecule has 1 aliphatic rings. The third kappa shape index (κ3) is 4.13. The highest BCUT2D eigenvalue weighted by molar-refractivity contribution is 5.86. The molecule has 2 aromatic rings. The van der Waals surface area contributed by atoms with Crippen LogP contribution in [-0.4, -0.2) is 11.1 Å². The van der Waals surface area contributed by atoms with E-state index in [0.717, 1.165) is 18.8 Å². The lowest BCUT2D eigenvalue weighted by Gasteiger charge is -2.23. The highest BCUT2D eigenvalue weighted by Gasteiger charge is 2.22. The number of hydrogen-bond donors (Lipinski definition) is 1. The van der Waals surface area contributed by atoms with E-state index in [1.165, 1.54) is 48.4 Å². The van der Waals surface area contributed by atoms with Gasteiger partial charge < -0.3 is 5.11 Å². The van der Waals surface area contributed by atoms with Crippen molar-refractivity contribution in [1.29, 1.82) is 0 Å². The summed E-state index contributed by atoms with van der Waals surface area (Å²) >= 11 is 0. The lowest BCUT2D eigenvalue weighted by molar-refractivity contribution is -0.142. The molecular weight excluding hydrogens is 284 g/mol. The van der Waals surface area contributed by atoms with Crippen LogP contribution in [-0.2, 0) is 11.2 Å². The molecule has 1 unspecified atom stereocenters. The van der Waals surface area contributed by atoms with Gasteiger partial charge in [-0.05, 0) is 41.5 Å². The Labute approximate surface area is 138 Å². The van der Waals surface area contributed by atoms with Crippen LogP contribution in [0.2, 0.25) is 0 Å². The van der Waals surface area contributed by atoms with Gasteiger partial charge in [-0.1, -0.05) is 74.6 Å². The fourth-order valence-corrected chi connectivity index (χ4v) is 3.96. The van der Waals surface area contributed by atoms with Crippen molar-refractivity contribution in [1.82, 2.24) is 0 Å². The Balaban J connectivity index is 1.69. The summed E-state index contributed by atoms with van der Waals surface area (Å²) in [6, 6.07) is 14.5. The van der Waals surface area contributed by atoms with Crippen molar-refractivity contribution in [2.24, 2.45) is 11.8 Å². The molecule has 0 radical (unpaired) electrons. The second-order valence-electron chi connectivity index (χ2n) is 6.96. The molecule has 0 bridgehead atoms. The number of carboxylic acid groups (broad SMARTS) is 1. The van der Waals surface area contributed by atoms with Crippen LogP contribution in [0.1, 0.15) is 50.5 Å². The summed E-state index contributed by atoms with van der Waals surface area (Å²) in [6.07, 6.45) is 9.11. The average molecular weight is 310 g/mol. The number of aliphatic carboxylic acids is 1. The normalized spacial score (nSPS) is 17.2. The predicted molar refractivity (Wildman–Crippen MR) is 94.6 cm³/mol. The lowest BCUT2D eigenvalue weighted by Crippen LogP contribution is -2.18. The molecule has 1 aliphatic carbocycles. The molecule has 0 aromatic heterocycles. The summed E-state index contributed by atoms with van der Waals surface area (Å²) in [6.45, 7) is 0. The van der Waals surface area contributed by atoms with E-state index in [4.69, 9.17) is 0 Å². The monoisotopic (exact) mass is 310 g/mol. The SMILES string of the molecule is O=C(O)C(CCC1CCCCC1)Cc1cccc2ccccc12. The van der Waals surface area contributed by atoms with Gasteiger partial charge in [-0.25, -0.2) is 0 Å². The number of rotatable bonds is 6. The van der Waals surface area contributed by atoms with Crippen LogP contribution in [0.5, 0.6) is 0 Å². The molecule has 23 heavy (non-hydrogen) atoms. The van der Waals surface area contributed by atoms with Crippen molar-refractivity contribution < 1.29 is 9.90 Å². The van der Waals surface area contributed by atoms with E-state index in [0.29, 0.717) is 6.42 Å². The van der Waals surface area contributed by atoms with Crippen LogP contribution in [0.15, 0.2) is 42.5 Å². The summed E-state index contributed by atoms with van der Waals surface area (Å²) in [5.41, 5.74) is 1.17. The van der Waals surface area contributed by atoms with Crippen molar-refractivity contribution >= 4 is 16.7 Å². The van der Waals surface area contributed by atoms with Gasteiger partial charge in [-0.3, -0.25) is 4.79 Å². The number of carbonyl (C=O) groups is 1. The van der Waals surface area contributed by atoms with E-state index >= 15 is 0 Å². The largest absolute Gasteiger partial charge is 0.481 e. The van der Waals surface area contributed by atoms with Crippen LogP contribution in [0.25, 0.3) is 10.8 Å². The maximum absolute atomic E-state index is 11.7. The van der Waals surface area contributed by atoms with Gasteiger partial charge in [0.2, 0.25) is 0 Å². The Morgan fingerprint density at radius 3 is 2.57 bits per heavy atom. The molecule has 1 fully saturated rings. The van der Waals surface area contributed by atoms with Crippen LogP contribution in [0, 0.1) is 11.8 Å². The minimum Gasteiger partial charge on any atom is -0.481 e. The summed E-state index contributed by atoms with van der Waals surface area (Å²) in [4.78, 5) is 11.7. The number of hydrogen-bond acceptors (Lipinski definition) is 1. The van der Waals surface area contributed by atoms with E-state index in [1.807, 2.05) is 18.2 Å². The van der Waals surface area contributed by atoms with E-state index < -0.39 is 5.97 Å². The zero-order valence-corrected chi connectivity index (χ0v) is 13.7. The molecule has 122 valence electrons. The molecule has 2 nitrogen and oxygen atoms in total. The minimum atomic E-state index is -0.645. The first-order valence-corrected chi connectivity index (χ1v) is 8.93. The molecule has 0 saturated heterocycles. The first-order valence-electron chi connectivity index (χ1n) is 8.93. The van der Waals surface area contributed by atoms with Gasteiger partial charge in [0.15, 0.2) is 0 Å². The van der Waals surface area contributed by atoms with Crippen molar-refractivity contribution in [2.45, 2.75) is 51.4 Å². The van der Waals surface area contributed by atoms with Gasteiger partial charge in [-0.15, -0.1) is 0 Å². The Morgan fingerprint density at radius 1 is 1.04 bits per heavy atom. The molecule has 0 spiro atoms. The fourth-order valence-electron chi connectivity index (χ4n) is 3.96. The number of benzene rings is 2. The Hall–Kier alpha value is -1.83. The van der Waals surface area contributed by atoms with Crippen LogP contribution >= 0.6 is 0 Å². The molecule has 2 aromatic carbocycles. The zero-order chi connectivity index (χ0) is 16.1. The summed E-state index contributed by atoms with van der Waals surface area (Å²) < 4.78 is 0. The van der Waals surface area contributed by atoms with Gasteiger partial charge in [-0.2, -0.15) is 0 Å². The standard InChI is InChI=1S/C21H26O2/c22-21(23)19(14-13-16-7-2-1-3-8-16)15-18-11-6-10-17-9-4-5-12-20(17)18/h4-6,9-12,16,19H,1-3,7-8,13-15H2,(H,22,23). The molecule has 3 rings (SSSR count). The molecular formula is C21H26O2. The summed E-state index contributed by atoms with van der Waals surface area (Å²) in [5, 5.41) is 12.0. The van der Waals surface area contributed by atoms with Crippen molar-refractivity contribution in [3.8, 4) is 0 Å². The Kier molecular flexibility index (Phi) is 5.32. The van der Waals surface area contributed by atoms with E-state index in [-0.39, 0.29) is 5.92 Å². The predicted octanol–water partition coefficient (Wildman–Crippen LogP) is 5.44. The molecule has 2 heteroatoms. The summed E-state index contributed by atoms with van der Waals surface area (Å²) in [7, 11) is 0. The third-order valence-corrected chi connectivity index (χ3v) is 5.34. The second-order valence-corrected chi connectivity index (χ2v) is 6.96. The highest BCUT2D eigenvalue weighted by Crippen LogP contribution is 2.30. The maximum atomic E-state index is 11.7. The molecule has 0 amide bonds. The molecule has 0 heterocycles. The first kappa shape index (κ1) is 16.0. The zero-order valence-electron chi connectivity index (χ0n) is 13.7. The third-order valence-electron chi connectivity index (χ3n) is 5.34. The molecule has 1 N–H and O–H groups in total. The summed E-state index contributed by atoms with van der Waals surface area (Å²) in [5.74, 6) is -0.158. The molecule has 1 saturated carbocycles. The number of fused-ring (bicyclic) bond motifs is 1. The maximum Gasteiger partial charge on any atom is 0.306 e. The number of carboxylic acids is 1. The van der Waals surface area contributed by atoms with E-state index in [2.05, 4.69) is 24.3 Å². The van der Waals surface area contributed by atoms with E-state index in [9.17, 15) is 9.90 Å². The van der Waals surface area contributed by atoms with Crippen molar-refractivity contribution in [3.05, 3.63) is 48.0 Å². The lowest BCUT2D eigenvalue weighted by atomic mass is 9.82. The van der Waals surface area contributed by atoms with Crippen LogP contribution < -0.4 is 0 Å². The molecule has 1 atom stereocenters. The first-order chi connectivity index (χ1) is 11.2. The Morgan fingerprint density at radius 2 is 1.78 bits per heavy atom. The van der Waals surface area contributed by atoms with Crippen LogP contribution in [0.4, 0.5) is 0 Å². The van der Waals surface area contributed by atoms with Crippen LogP contribution in [0.3, 0.4) is 0 Å². The molecule has 0 aliphatic heterocycles. The van der Waals surface area contributed by atoms with Gasteiger partial charge in [0, 0.05) is 0 Å². The van der Waals surface area contributed by atoms with Gasteiger partial charge in [0.1, 0.15) is 0 Å². The Bertz CT molecular complexity index is 650. The van der Waals surface area contributed by atoms with Gasteiger partial charge in [0.25, 0.3) is 0 Å². The smallest absolute Gasteiger partial charge is 0.306 e. The van der Waals surface area contributed by atoms with Crippen molar-refractivity contribution in [2.75, 3.05) is 0 Å². The van der Waals surface area contributed by atoms with Crippen molar-refractivity contribution in [3.63, 3.8) is 0 Å². The average Bonchev–Trinajstić information content (AvgIpc) is 2.59. The van der Waals surface area contributed by atoms with E-state index in [1.54, 1.807) is 0 Å². The topological polar surface area (TPSA) is 37.3 Å². The fraction of sp³-hybridized carbons (Fsp3) is 0.476. The van der Waals surface area contributed by atoms with Gasteiger partial charge in [0.05, 0.1) is 5.92 Å².